The number of nitrogens with one attached hydrogen (secondary N) is 1. The number of nitrogens with two attached hydrogens (primary N) is 1. The van der Waals surface area contributed by atoms with Gasteiger partial charge in [0.2, 0.25) is 5.91 Å². The average molecular weight is 254 g/mol. The zero-order valence-electron chi connectivity index (χ0n) is 10.0. The normalized spacial score (nSPS) is 16.4. The van der Waals surface area contributed by atoms with Crippen LogP contribution in [0.2, 0.25) is 0 Å². The molecule has 0 radical (unpaired) electrons. The van der Waals surface area contributed by atoms with Crippen LogP contribution in [0.1, 0.15) is 18.4 Å². The quantitative estimate of drug-likeness (QED) is 0.833. The van der Waals surface area contributed by atoms with E-state index in [-0.39, 0.29) is 23.3 Å². The Bertz CT molecular complexity index is 458. The molecule has 0 spiro atoms. The maximum atomic E-state index is 13.3. The molecule has 0 heterocycles. The highest BCUT2D eigenvalue weighted by Gasteiger charge is 2.41. The van der Waals surface area contributed by atoms with Gasteiger partial charge in [-0.15, -0.1) is 0 Å². The van der Waals surface area contributed by atoms with Gasteiger partial charge in [0.25, 0.3) is 0 Å². The Kier molecular flexibility index (Phi) is 3.61. The second-order valence-corrected chi connectivity index (χ2v) is 4.89. The van der Waals surface area contributed by atoms with Crippen molar-refractivity contribution < 1.29 is 13.6 Å². The van der Waals surface area contributed by atoms with E-state index in [0.29, 0.717) is 13.1 Å². The van der Waals surface area contributed by atoms with E-state index in [4.69, 9.17) is 5.73 Å². The molecule has 1 saturated carbocycles. The van der Waals surface area contributed by atoms with Crippen molar-refractivity contribution in [1.29, 1.82) is 0 Å². The first-order valence-electron chi connectivity index (χ1n) is 5.95. The average Bonchev–Trinajstić information content (AvgIpc) is 3.11. The standard InChI is InChI=1S/C13H16F2N2O/c14-10-2-1-9(11(15)6-10)5-12(18)17-8-13(7-16)3-4-13/h1-2,6H,3-5,7-8,16H2,(H,17,18). The summed E-state index contributed by atoms with van der Waals surface area (Å²) in [6, 6.07) is 3.22. The molecule has 18 heavy (non-hydrogen) atoms. The van der Waals surface area contributed by atoms with E-state index < -0.39 is 11.6 Å². The first-order valence-corrected chi connectivity index (χ1v) is 5.95. The van der Waals surface area contributed by atoms with Crippen LogP contribution in [0.3, 0.4) is 0 Å². The molecule has 3 N–H and O–H groups in total. The third-order valence-electron chi connectivity index (χ3n) is 3.42. The molecule has 1 aliphatic rings. The van der Waals surface area contributed by atoms with Crippen LogP contribution in [0, 0.1) is 17.0 Å². The van der Waals surface area contributed by atoms with E-state index in [9.17, 15) is 13.6 Å². The van der Waals surface area contributed by atoms with Crippen LogP contribution >= 0.6 is 0 Å². The lowest BCUT2D eigenvalue weighted by Gasteiger charge is -2.13. The Hall–Kier alpha value is -1.49. The van der Waals surface area contributed by atoms with Crippen molar-refractivity contribution in [2.75, 3.05) is 13.1 Å². The number of rotatable bonds is 5. The fourth-order valence-corrected chi connectivity index (χ4v) is 1.82. The van der Waals surface area contributed by atoms with E-state index in [1.807, 2.05) is 0 Å². The van der Waals surface area contributed by atoms with Gasteiger partial charge in [-0.2, -0.15) is 0 Å². The molecule has 0 unspecified atom stereocenters. The lowest BCUT2D eigenvalue weighted by molar-refractivity contribution is -0.120. The van der Waals surface area contributed by atoms with E-state index in [2.05, 4.69) is 5.32 Å². The second kappa shape index (κ2) is 5.02. The van der Waals surface area contributed by atoms with Gasteiger partial charge in [-0.3, -0.25) is 4.79 Å². The van der Waals surface area contributed by atoms with Crippen molar-refractivity contribution in [3.05, 3.63) is 35.4 Å². The van der Waals surface area contributed by atoms with Crippen molar-refractivity contribution in [2.45, 2.75) is 19.3 Å². The monoisotopic (exact) mass is 254 g/mol. The number of halogens is 2. The second-order valence-electron chi connectivity index (χ2n) is 4.89. The Balaban J connectivity index is 1.87. The Morgan fingerprint density at radius 3 is 2.67 bits per heavy atom. The first-order chi connectivity index (χ1) is 8.54. The Morgan fingerprint density at radius 1 is 1.39 bits per heavy atom. The molecule has 1 amide bonds. The highest BCUT2D eigenvalue weighted by atomic mass is 19.1. The van der Waals surface area contributed by atoms with Crippen molar-refractivity contribution in [2.24, 2.45) is 11.1 Å². The van der Waals surface area contributed by atoms with Crippen LogP contribution in [-0.4, -0.2) is 19.0 Å². The summed E-state index contributed by atoms with van der Waals surface area (Å²) in [6.07, 6.45) is 1.97. The van der Waals surface area contributed by atoms with Gasteiger partial charge in [-0.05, 0) is 36.4 Å². The Labute approximate surface area is 104 Å². The molecule has 1 aliphatic carbocycles. The number of benzene rings is 1. The summed E-state index contributed by atoms with van der Waals surface area (Å²) in [5.41, 5.74) is 5.85. The minimum atomic E-state index is -0.690. The summed E-state index contributed by atoms with van der Waals surface area (Å²) in [5.74, 6) is -1.60. The molecule has 0 atom stereocenters. The molecular weight excluding hydrogens is 238 g/mol. The fraction of sp³-hybridized carbons (Fsp3) is 0.462. The molecule has 1 fully saturated rings. The van der Waals surface area contributed by atoms with Crippen LogP contribution in [-0.2, 0) is 11.2 Å². The molecule has 0 bridgehead atoms. The SMILES string of the molecule is NCC1(CNC(=O)Cc2ccc(F)cc2F)CC1. The molecule has 0 saturated heterocycles. The number of carbonyl (C=O) groups is 1. The molecule has 98 valence electrons. The van der Waals surface area contributed by atoms with Crippen LogP contribution < -0.4 is 11.1 Å². The van der Waals surface area contributed by atoms with Gasteiger partial charge in [0.1, 0.15) is 11.6 Å². The summed E-state index contributed by atoms with van der Waals surface area (Å²) in [7, 11) is 0. The summed E-state index contributed by atoms with van der Waals surface area (Å²) in [4.78, 5) is 11.6. The highest BCUT2D eigenvalue weighted by molar-refractivity contribution is 5.78. The maximum Gasteiger partial charge on any atom is 0.224 e. The van der Waals surface area contributed by atoms with Crippen LogP contribution in [0.15, 0.2) is 18.2 Å². The van der Waals surface area contributed by atoms with Crippen molar-refractivity contribution in [3.8, 4) is 0 Å². The lowest BCUT2D eigenvalue weighted by Crippen LogP contribution is -2.34. The number of amides is 1. The Morgan fingerprint density at radius 2 is 2.11 bits per heavy atom. The van der Waals surface area contributed by atoms with Crippen molar-refractivity contribution in [3.63, 3.8) is 0 Å². The lowest BCUT2D eigenvalue weighted by atomic mass is 10.1. The molecule has 2 rings (SSSR count). The molecule has 0 aliphatic heterocycles. The van der Waals surface area contributed by atoms with Gasteiger partial charge in [-0.1, -0.05) is 6.07 Å². The van der Waals surface area contributed by atoms with Gasteiger partial charge in [0.15, 0.2) is 0 Å². The van der Waals surface area contributed by atoms with Gasteiger partial charge in [-0.25, -0.2) is 8.78 Å². The van der Waals surface area contributed by atoms with E-state index in [1.165, 1.54) is 6.07 Å². The number of hydrogen-bond donors (Lipinski definition) is 2. The van der Waals surface area contributed by atoms with E-state index >= 15 is 0 Å². The third-order valence-corrected chi connectivity index (χ3v) is 3.42. The van der Waals surface area contributed by atoms with E-state index in [0.717, 1.165) is 25.0 Å². The molecule has 0 aromatic heterocycles. The van der Waals surface area contributed by atoms with Gasteiger partial charge < -0.3 is 11.1 Å². The van der Waals surface area contributed by atoms with Crippen molar-refractivity contribution in [1.82, 2.24) is 5.32 Å². The molecule has 3 nitrogen and oxygen atoms in total. The van der Waals surface area contributed by atoms with Crippen LogP contribution in [0.25, 0.3) is 0 Å². The summed E-state index contributed by atoms with van der Waals surface area (Å²) in [6.45, 7) is 1.09. The molecule has 5 heteroatoms. The van der Waals surface area contributed by atoms with Gasteiger partial charge in [0, 0.05) is 12.6 Å². The van der Waals surface area contributed by atoms with E-state index in [1.54, 1.807) is 0 Å². The predicted molar refractivity (Wildman–Crippen MR) is 63.8 cm³/mol. The summed E-state index contributed by atoms with van der Waals surface area (Å²) in [5, 5.41) is 2.75. The highest BCUT2D eigenvalue weighted by Crippen LogP contribution is 2.43. The van der Waals surface area contributed by atoms with Crippen LogP contribution in [0.5, 0.6) is 0 Å². The van der Waals surface area contributed by atoms with Gasteiger partial charge in [0.05, 0.1) is 6.42 Å². The zero-order valence-corrected chi connectivity index (χ0v) is 10.0. The summed E-state index contributed by atoms with van der Waals surface area (Å²) < 4.78 is 26.0. The molecular formula is C13H16F2N2O. The predicted octanol–water partition coefficient (Wildman–Crippen LogP) is 1.36. The third kappa shape index (κ3) is 3.04. The number of carbonyl (C=O) groups excluding carboxylic acids is 1. The summed E-state index contributed by atoms with van der Waals surface area (Å²) >= 11 is 0. The van der Waals surface area contributed by atoms with Gasteiger partial charge >= 0.3 is 0 Å². The number of hydrogen-bond acceptors (Lipinski definition) is 2. The first kappa shape index (κ1) is 13.0. The molecule has 1 aromatic carbocycles. The smallest absolute Gasteiger partial charge is 0.224 e. The minimum Gasteiger partial charge on any atom is -0.355 e. The largest absolute Gasteiger partial charge is 0.355 e. The van der Waals surface area contributed by atoms with Crippen molar-refractivity contribution >= 4 is 5.91 Å². The topological polar surface area (TPSA) is 55.1 Å². The van der Waals surface area contributed by atoms with Crippen LogP contribution in [0.4, 0.5) is 8.78 Å². The maximum absolute atomic E-state index is 13.3. The zero-order chi connectivity index (χ0) is 13.2. The minimum absolute atomic E-state index is 0.0526. The molecule has 1 aromatic rings. The fourth-order valence-electron chi connectivity index (χ4n) is 1.82.